The molecule has 0 unspecified atom stereocenters. The van der Waals surface area contributed by atoms with Crippen LogP contribution < -0.4 is 5.32 Å². The summed E-state index contributed by atoms with van der Waals surface area (Å²) in [5, 5.41) is 8.36. The van der Waals surface area contributed by atoms with Crippen molar-refractivity contribution in [1.29, 1.82) is 0 Å². The number of fused-ring (bicyclic) bond motifs is 1. The van der Waals surface area contributed by atoms with Crippen molar-refractivity contribution in [3.8, 4) is 22.5 Å². The van der Waals surface area contributed by atoms with Crippen LogP contribution in [0.15, 0.2) is 97.1 Å². The van der Waals surface area contributed by atoms with Gasteiger partial charge in [-0.15, -0.1) is 0 Å². The Morgan fingerprint density at radius 2 is 1.55 bits per heavy atom. The molecule has 3 aromatic carbocycles. The fourth-order valence-corrected chi connectivity index (χ4v) is 4.02. The van der Waals surface area contributed by atoms with Crippen LogP contribution in [-0.4, -0.2) is 20.5 Å². The molecule has 5 aromatic rings. The van der Waals surface area contributed by atoms with Gasteiger partial charge >= 0.3 is 0 Å². The van der Waals surface area contributed by atoms with Crippen LogP contribution in [0.3, 0.4) is 0 Å². The van der Waals surface area contributed by atoms with Crippen LogP contribution in [0.25, 0.3) is 28.2 Å². The van der Waals surface area contributed by atoms with Crippen molar-refractivity contribution in [2.24, 2.45) is 0 Å². The maximum atomic E-state index is 13.4. The number of aromatic nitrogens is 3. The Kier molecular flexibility index (Phi) is 5.63. The summed E-state index contributed by atoms with van der Waals surface area (Å²) in [6, 6.07) is 30.6. The molecule has 162 valence electrons. The van der Waals surface area contributed by atoms with Gasteiger partial charge in [-0.2, -0.15) is 5.10 Å². The smallest absolute Gasteiger partial charge is 0.270 e. The molecule has 0 aliphatic carbocycles. The topological polar surface area (TPSA) is 59.3 Å². The van der Waals surface area contributed by atoms with Gasteiger partial charge in [0.25, 0.3) is 5.91 Å². The van der Waals surface area contributed by atoms with E-state index in [9.17, 15) is 4.79 Å². The molecule has 1 amide bonds. The van der Waals surface area contributed by atoms with Crippen molar-refractivity contribution in [2.45, 2.75) is 13.0 Å². The normalized spacial score (nSPS) is 11.9. The van der Waals surface area contributed by atoms with Gasteiger partial charge in [-0.1, -0.05) is 90.5 Å². The van der Waals surface area contributed by atoms with E-state index in [1.54, 1.807) is 10.6 Å². The fourth-order valence-electron chi connectivity index (χ4n) is 3.79. The lowest BCUT2D eigenvalue weighted by Gasteiger charge is -2.15. The molecule has 0 fully saturated rings. The molecule has 0 saturated heterocycles. The van der Waals surface area contributed by atoms with Crippen molar-refractivity contribution in [1.82, 2.24) is 19.9 Å². The van der Waals surface area contributed by atoms with Gasteiger partial charge in [0.2, 0.25) is 0 Å². The molecule has 2 heterocycles. The van der Waals surface area contributed by atoms with Gasteiger partial charge in [-0.25, -0.2) is 9.50 Å². The Hall–Kier alpha value is -3.96. The van der Waals surface area contributed by atoms with Gasteiger partial charge in [-0.3, -0.25) is 4.79 Å². The first-order chi connectivity index (χ1) is 16.1. The average Bonchev–Trinajstić information content (AvgIpc) is 3.29. The first-order valence-electron chi connectivity index (χ1n) is 10.7. The molecule has 0 spiro atoms. The zero-order chi connectivity index (χ0) is 22.8. The summed E-state index contributed by atoms with van der Waals surface area (Å²) in [6.07, 6.45) is 0. The molecule has 0 aliphatic rings. The van der Waals surface area contributed by atoms with Gasteiger partial charge < -0.3 is 5.32 Å². The van der Waals surface area contributed by atoms with Crippen LogP contribution in [0.1, 0.15) is 29.0 Å². The third kappa shape index (κ3) is 4.23. The number of nitrogens with zero attached hydrogens (tertiary/aromatic N) is 3. The second-order valence-corrected chi connectivity index (χ2v) is 8.19. The molecule has 0 aliphatic heterocycles. The van der Waals surface area contributed by atoms with E-state index >= 15 is 0 Å². The molecule has 1 atom stereocenters. The maximum absolute atomic E-state index is 13.4. The monoisotopic (exact) mass is 452 g/mol. The summed E-state index contributed by atoms with van der Waals surface area (Å²) < 4.78 is 1.59. The van der Waals surface area contributed by atoms with E-state index in [1.165, 1.54) is 0 Å². The van der Waals surface area contributed by atoms with E-state index < -0.39 is 0 Å². The van der Waals surface area contributed by atoms with Crippen molar-refractivity contribution in [3.63, 3.8) is 0 Å². The van der Waals surface area contributed by atoms with Gasteiger partial charge in [0.15, 0.2) is 5.65 Å². The van der Waals surface area contributed by atoms with E-state index in [0.717, 1.165) is 22.4 Å². The highest BCUT2D eigenvalue weighted by molar-refractivity contribution is 6.33. The minimum absolute atomic E-state index is 0.171. The second-order valence-electron chi connectivity index (χ2n) is 7.78. The summed E-state index contributed by atoms with van der Waals surface area (Å²) in [5.41, 5.74) is 5.05. The summed E-state index contributed by atoms with van der Waals surface area (Å²) in [6.45, 7) is 1.96. The molecule has 2 aromatic heterocycles. The minimum atomic E-state index is -0.241. The standard InChI is InChI=1S/C27H21ClN4O/c1-18(19-10-4-2-5-11-19)29-27(33)25-16-24(21-14-8-9-15-22(21)28)30-26-17-23(31-32(25)26)20-12-6-3-7-13-20/h2-18H,1H3,(H,29,33)/t18-/m1/s1. The zero-order valence-electron chi connectivity index (χ0n) is 17.9. The average molecular weight is 453 g/mol. The highest BCUT2D eigenvalue weighted by Gasteiger charge is 2.19. The van der Waals surface area contributed by atoms with Crippen molar-refractivity contribution < 1.29 is 4.79 Å². The summed E-state index contributed by atoms with van der Waals surface area (Å²) in [4.78, 5) is 18.2. The molecule has 0 saturated carbocycles. The lowest BCUT2D eigenvalue weighted by Crippen LogP contribution is -2.28. The van der Waals surface area contributed by atoms with Crippen molar-refractivity contribution in [3.05, 3.63) is 113 Å². The van der Waals surface area contributed by atoms with Gasteiger partial charge in [0, 0.05) is 22.2 Å². The van der Waals surface area contributed by atoms with Gasteiger partial charge in [-0.05, 0) is 24.6 Å². The predicted octanol–water partition coefficient (Wildman–Crippen LogP) is 6.21. The number of hydrogen-bond donors (Lipinski definition) is 1. The highest BCUT2D eigenvalue weighted by Crippen LogP contribution is 2.29. The molecular weight excluding hydrogens is 432 g/mol. The summed E-state index contributed by atoms with van der Waals surface area (Å²) in [5.74, 6) is -0.241. The fraction of sp³-hybridized carbons (Fsp3) is 0.0741. The molecule has 1 N–H and O–H groups in total. The number of carbonyl (C=O) groups excluding carboxylic acids is 1. The Morgan fingerprint density at radius 3 is 2.27 bits per heavy atom. The molecule has 0 bridgehead atoms. The number of hydrogen-bond acceptors (Lipinski definition) is 3. The van der Waals surface area contributed by atoms with Crippen LogP contribution in [0.5, 0.6) is 0 Å². The Morgan fingerprint density at radius 1 is 0.879 bits per heavy atom. The quantitative estimate of drug-likeness (QED) is 0.345. The first kappa shape index (κ1) is 20.9. The second kappa shape index (κ2) is 8.88. The van der Waals surface area contributed by atoms with Crippen LogP contribution >= 0.6 is 11.6 Å². The lowest BCUT2D eigenvalue weighted by molar-refractivity contribution is 0.0932. The highest BCUT2D eigenvalue weighted by atomic mass is 35.5. The van der Waals surface area contributed by atoms with Gasteiger partial charge in [0.1, 0.15) is 5.69 Å². The van der Waals surface area contributed by atoms with Crippen LogP contribution in [-0.2, 0) is 0 Å². The third-order valence-corrected chi connectivity index (χ3v) is 5.86. The molecular formula is C27H21ClN4O. The number of benzene rings is 3. The van der Waals surface area contributed by atoms with Crippen molar-refractivity contribution in [2.75, 3.05) is 0 Å². The SMILES string of the molecule is C[C@@H](NC(=O)c1cc(-c2ccccc2Cl)nc2cc(-c3ccccc3)nn12)c1ccccc1. The van der Waals surface area contributed by atoms with E-state index in [1.807, 2.05) is 97.9 Å². The van der Waals surface area contributed by atoms with Crippen LogP contribution in [0.4, 0.5) is 0 Å². The van der Waals surface area contributed by atoms with E-state index in [-0.39, 0.29) is 11.9 Å². The largest absolute Gasteiger partial charge is 0.344 e. The summed E-state index contributed by atoms with van der Waals surface area (Å²) in [7, 11) is 0. The number of carbonyl (C=O) groups is 1. The minimum Gasteiger partial charge on any atom is -0.344 e. The Balaban J connectivity index is 1.62. The molecule has 5 nitrogen and oxygen atoms in total. The number of nitrogens with one attached hydrogen (secondary N) is 1. The first-order valence-corrected chi connectivity index (χ1v) is 11.0. The molecule has 6 heteroatoms. The Labute approximate surface area is 196 Å². The van der Waals surface area contributed by atoms with Gasteiger partial charge in [0.05, 0.1) is 17.4 Å². The predicted molar refractivity (Wildman–Crippen MR) is 131 cm³/mol. The van der Waals surface area contributed by atoms with Crippen LogP contribution in [0.2, 0.25) is 5.02 Å². The zero-order valence-corrected chi connectivity index (χ0v) is 18.7. The van der Waals surface area contributed by atoms with E-state index in [0.29, 0.717) is 22.1 Å². The van der Waals surface area contributed by atoms with E-state index in [2.05, 4.69) is 5.32 Å². The van der Waals surface area contributed by atoms with Crippen molar-refractivity contribution >= 4 is 23.2 Å². The third-order valence-electron chi connectivity index (χ3n) is 5.53. The number of amides is 1. The number of rotatable bonds is 5. The lowest BCUT2D eigenvalue weighted by atomic mass is 10.1. The summed E-state index contributed by atoms with van der Waals surface area (Å²) >= 11 is 6.44. The number of halogens is 1. The molecule has 33 heavy (non-hydrogen) atoms. The molecule has 5 rings (SSSR count). The van der Waals surface area contributed by atoms with Crippen LogP contribution in [0, 0.1) is 0 Å². The van der Waals surface area contributed by atoms with E-state index in [4.69, 9.17) is 21.7 Å². The Bertz CT molecular complexity index is 1430. The molecule has 0 radical (unpaired) electrons. The maximum Gasteiger partial charge on any atom is 0.270 e.